The van der Waals surface area contributed by atoms with Gasteiger partial charge in [0.2, 0.25) is 0 Å². The fraction of sp³-hybridized carbons (Fsp3) is 0.571. The molecule has 1 aliphatic carbocycles. The molecular weight excluding hydrogens is 412 g/mol. The van der Waals surface area contributed by atoms with Gasteiger partial charge in [-0.15, -0.1) is 0 Å². The third-order valence-electron chi connectivity index (χ3n) is 5.46. The lowest BCUT2D eigenvalue weighted by atomic mass is 9.94. The van der Waals surface area contributed by atoms with E-state index in [0.29, 0.717) is 18.4 Å². The van der Waals surface area contributed by atoms with E-state index >= 15 is 0 Å². The summed E-state index contributed by atoms with van der Waals surface area (Å²) < 4.78 is 16.6. The third-order valence-corrected chi connectivity index (χ3v) is 5.46. The van der Waals surface area contributed by atoms with Crippen molar-refractivity contribution in [2.75, 3.05) is 6.61 Å². The number of esters is 1. The number of benzene rings is 1. The molecule has 2 unspecified atom stereocenters. The molecule has 1 saturated heterocycles. The van der Waals surface area contributed by atoms with Crippen LogP contribution in [0.15, 0.2) is 24.3 Å². The molecule has 10 nitrogen and oxygen atoms in total. The fourth-order valence-corrected chi connectivity index (χ4v) is 3.68. The predicted molar refractivity (Wildman–Crippen MR) is 106 cm³/mol. The first-order chi connectivity index (χ1) is 14.8. The molecule has 31 heavy (non-hydrogen) atoms. The minimum absolute atomic E-state index is 0.306. The first-order valence-electron chi connectivity index (χ1n) is 10.2. The molecule has 10 heteroatoms. The zero-order valence-corrected chi connectivity index (χ0v) is 16.8. The standard InChI is InChI=1S/C21H28O10/c22-10-16-18(27)19(28)20(21(30-16)29-15-4-2-1-3-13(15)24)31-17(26)8-6-11-5-7-12(23)14(25)9-11/h5-9,13,15-16,18-25,27-28H,1-4,10H2/b8-6+/t13?,15?,16-,18-,19+,20-,21-/m1/s1. The Balaban J connectivity index is 1.71. The second-order valence-electron chi connectivity index (χ2n) is 7.72. The number of aromatic hydroxyl groups is 2. The topological polar surface area (TPSA) is 166 Å². The highest BCUT2D eigenvalue weighted by atomic mass is 16.7. The zero-order valence-electron chi connectivity index (χ0n) is 16.8. The molecule has 0 bridgehead atoms. The highest BCUT2D eigenvalue weighted by Crippen LogP contribution is 2.30. The van der Waals surface area contributed by atoms with E-state index in [-0.39, 0.29) is 11.5 Å². The van der Waals surface area contributed by atoms with Gasteiger partial charge in [0, 0.05) is 6.08 Å². The average molecular weight is 440 g/mol. The van der Waals surface area contributed by atoms with Crippen molar-refractivity contribution < 1.29 is 49.6 Å². The molecule has 1 heterocycles. The van der Waals surface area contributed by atoms with Gasteiger partial charge < -0.3 is 44.8 Å². The number of carbonyl (C=O) groups is 1. The van der Waals surface area contributed by atoms with Crippen molar-refractivity contribution in [2.45, 2.75) is 68.6 Å². The maximum Gasteiger partial charge on any atom is 0.331 e. The van der Waals surface area contributed by atoms with E-state index in [1.807, 2.05) is 0 Å². The SMILES string of the molecule is O=C(/C=C/c1ccc(O)c(O)c1)O[C@H]1[C@H](OC2CCCCC2O)O[C@H](CO)[C@@H](O)[C@@H]1O. The number of aliphatic hydroxyl groups excluding tert-OH is 4. The molecule has 1 saturated carbocycles. The van der Waals surface area contributed by atoms with E-state index in [0.717, 1.165) is 18.9 Å². The maximum atomic E-state index is 12.3. The van der Waals surface area contributed by atoms with Crippen LogP contribution in [0.4, 0.5) is 0 Å². The number of phenols is 2. The Morgan fingerprint density at radius 2 is 1.84 bits per heavy atom. The lowest BCUT2D eigenvalue weighted by Gasteiger charge is -2.43. The summed E-state index contributed by atoms with van der Waals surface area (Å²) in [5.41, 5.74) is 0.409. The van der Waals surface area contributed by atoms with Crippen LogP contribution in [-0.2, 0) is 19.0 Å². The summed E-state index contributed by atoms with van der Waals surface area (Å²) in [5.74, 6) is -1.54. The lowest BCUT2D eigenvalue weighted by molar-refractivity contribution is -0.320. The number of rotatable bonds is 6. The molecule has 3 rings (SSSR count). The van der Waals surface area contributed by atoms with E-state index < -0.39 is 55.5 Å². The molecule has 6 N–H and O–H groups in total. The second kappa shape index (κ2) is 10.4. The number of phenolic OH excluding ortho intramolecular Hbond substituents is 2. The molecule has 1 aliphatic heterocycles. The van der Waals surface area contributed by atoms with Gasteiger partial charge in [0.25, 0.3) is 0 Å². The number of carbonyl (C=O) groups excluding carboxylic acids is 1. The van der Waals surface area contributed by atoms with Crippen LogP contribution in [-0.4, -0.2) is 86.1 Å². The first-order valence-corrected chi connectivity index (χ1v) is 10.2. The molecule has 2 aliphatic rings. The van der Waals surface area contributed by atoms with Crippen molar-refractivity contribution in [1.82, 2.24) is 0 Å². The van der Waals surface area contributed by atoms with E-state index in [2.05, 4.69) is 0 Å². The number of aliphatic hydroxyl groups is 4. The summed E-state index contributed by atoms with van der Waals surface area (Å²) in [6, 6.07) is 3.96. The Labute approximate surface area is 178 Å². The van der Waals surface area contributed by atoms with Crippen LogP contribution in [0.1, 0.15) is 31.2 Å². The van der Waals surface area contributed by atoms with Gasteiger partial charge in [0.05, 0.1) is 18.8 Å². The molecule has 0 aromatic heterocycles. The van der Waals surface area contributed by atoms with Gasteiger partial charge >= 0.3 is 5.97 Å². The Morgan fingerprint density at radius 3 is 2.52 bits per heavy atom. The van der Waals surface area contributed by atoms with Crippen LogP contribution in [0.3, 0.4) is 0 Å². The van der Waals surface area contributed by atoms with Gasteiger partial charge in [-0.3, -0.25) is 0 Å². The van der Waals surface area contributed by atoms with Crippen molar-refractivity contribution in [3.63, 3.8) is 0 Å². The summed E-state index contributed by atoms with van der Waals surface area (Å²) in [7, 11) is 0. The van der Waals surface area contributed by atoms with Crippen molar-refractivity contribution in [3.8, 4) is 11.5 Å². The summed E-state index contributed by atoms with van der Waals surface area (Å²) in [6.45, 7) is -0.587. The Morgan fingerprint density at radius 1 is 1.10 bits per heavy atom. The number of hydrogen-bond donors (Lipinski definition) is 6. The van der Waals surface area contributed by atoms with E-state index in [4.69, 9.17) is 14.2 Å². The minimum atomic E-state index is -1.59. The van der Waals surface area contributed by atoms with Crippen LogP contribution in [0.2, 0.25) is 0 Å². The van der Waals surface area contributed by atoms with Crippen molar-refractivity contribution in [3.05, 3.63) is 29.8 Å². The van der Waals surface area contributed by atoms with Gasteiger partial charge in [-0.05, 0) is 36.6 Å². The predicted octanol–water partition coefficient (Wildman–Crippen LogP) is -0.218. The molecule has 2 fully saturated rings. The quantitative estimate of drug-likeness (QED) is 0.198. The summed E-state index contributed by atoms with van der Waals surface area (Å²) in [6.07, 6.45) is -3.17. The van der Waals surface area contributed by atoms with Crippen molar-refractivity contribution in [2.24, 2.45) is 0 Å². The normalized spacial score (nSPS) is 34.0. The zero-order chi connectivity index (χ0) is 22.5. The Hall–Kier alpha value is -2.21. The lowest BCUT2D eigenvalue weighted by Crippen LogP contribution is -2.61. The number of hydrogen-bond acceptors (Lipinski definition) is 10. The summed E-state index contributed by atoms with van der Waals surface area (Å²) in [4.78, 5) is 12.3. The number of ether oxygens (including phenoxy) is 3. The van der Waals surface area contributed by atoms with Gasteiger partial charge in [0.1, 0.15) is 18.3 Å². The van der Waals surface area contributed by atoms with E-state index in [1.54, 1.807) is 0 Å². The first kappa shape index (κ1) is 23.5. The monoisotopic (exact) mass is 440 g/mol. The van der Waals surface area contributed by atoms with Crippen LogP contribution >= 0.6 is 0 Å². The molecule has 0 spiro atoms. The molecule has 172 valence electrons. The highest BCUT2D eigenvalue weighted by molar-refractivity contribution is 5.87. The Bertz CT molecular complexity index is 781. The van der Waals surface area contributed by atoms with Crippen LogP contribution in [0, 0.1) is 0 Å². The molecule has 1 aromatic rings. The van der Waals surface area contributed by atoms with Gasteiger partial charge in [0.15, 0.2) is 23.9 Å². The summed E-state index contributed by atoms with van der Waals surface area (Å²) >= 11 is 0. The molecule has 7 atom stereocenters. The van der Waals surface area contributed by atoms with E-state index in [9.17, 15) is 35.4 Å². The van der Waals surface area contributed by atoms with Crippen LogP contribution in [0.5, 0.6) is 11.5 Å². The van der Waals surface area contributed by atoms with Gasteiger partial charge in [-0.25, -0.2) is 4.79 Å². The van der Waals surface area contributed by atoms with Crippen molar-refractivity contribution in [1.29, 1.82) is 0 Å². The van der Waals surface area contributed by atoms with Crippen molar-refractivity contribution >= 4 is 12.0 Å². The highest BCUT2D eigenvalue weighted by Gasteiger charge is 2.48. The largest absolute Gasteiger partial charge is 0.504 e. The molecule has 0 radical (unpaired) electrons. The maximum absolute atomic E-state index is 12.3. The molecular formula is C21H28O10. The fourth-order valence-electron chi connectivity index (χ4n) is 3.68. The third kappa shape index (κ3) is 5.73. The molecule has 1 aromatic carbocycles. The van der Waals surface area contributed by atoms with Gasteiger partial charge in [-0.1, -0.05) is 18.9 Å². The molecule has 0 amide bonds. The average Bonchev–Trinajstić information content (AvgIpc) is 2.75. The Kier molecular flexibility index (Phi) is 7.87. The smallest absolute Gasteiger partial charge is 0.331 e. The summed E-state index contributed by atoms with van der Waals surface area (Å²) in [5, 5.41) is 59.0. The van der Waals surface area contributed by atoms with Gasteiger partial charge in [-0.2, -0.15) is 0 Å². The van der Waals surface area contributed by atoms with E-state index in [1.165, 1.54) is 24.3 Å². The minimum Gasteiger partial charge on any atom is -0.504 e. The van der Waals surface area contributed by atoms with Crippen LogP contribution in [0.25, 0.3) is 6.08 Å². The van der Waals surface area contributed by atoms with Crippen LogP contribution < -0.4 is 0 Å². The second-order valence-corrected chi connectivity index (χ2v) is 7.72.